The van der Waals surface area contributed by atoms with Gasteiger partial charge in [0.05, 0.1) is 13.0 Å². The van der Waals surface area contributed by atoms with Crippen molar-refractivity contribution in [1.82, 2.24) is 0 Å². The molecule has 1 aliphatic heterocycles. The Labute approximate surface area is 184 Å². The van der Waals surface area contributed by atoms with E-state index < -0.39 is 11.9 Å². The largest absolute Gasteiger partial charge is 0.496 e. The molecular formula is C24H17ClN2O4. The third kappa shape index (κ3) is 3.91. The molecule has 0 saturated heterocycles. The van der Waals surface area contributed by atoms with E-state index in [9.17, 15) is 10.1 Å². The minimum Gasteiger partial charge on any atom is -0.496 e. The predicted octanol–water partition coefficient (Wildman–Crippen LogP) is 4.79. The van der Waals surface area contributed by atoms with Crippen LogP contribution in [0.4, 0.5) is 0 Å². The lowest BCUT2D eigenvalue weighted by molar-refractivity contribution is 0.0731. The van der Waals surface area contributed by atoms with Gasteiger partial charge in [-0.15, -0.1) is 0 Å². The Morgan fingerprint density at radius 1 is 1.13 bits per heavy atom. The molecule has 154 valence electrons. The van der Waals surface area contributed by atoms with E-state index >= 15 is 0 Å². The van der Waals surface area contributed by atoms with Crippen molar-refractivity contribution in [2.75, 3.05) is 7.11 Å². The Hall–Kier alpha value is -3.95. The quantitative estimate of drug-likeness (QED) is 0.470. The Morgan fingerprint density at radius 2 is 1.87 bits per heavy atom. The maximum atomic E-state index is 12.6. The van der Waals surface area contributed by atoms with Gasteiger partial charge >= 0.3 is 5.97 Å². The number of halogens is 1. The molecular weight excluding hydrogens is 416 g/mol. The molecule has 0 saturated carbocycles. The second-order valence-corrected chi connectivity index (χ2v) is 7.20. The molecule has 0 amide bonds. The Morgan fingerprint density at radius 3 is 2.58 bits per heavy atom. The van der Waals surface area contributed by atoms with Gasteiger partial charge in [0.15, 0.2) is 0 Å². The van der Waals surface area contributed by atoms with Gasteiger partial charge in [-0.25, -0.2) is 4.79 Å². The van der Waals surface area contributed by atoms with E-state index in [1.54, 1.807) is 54.6 Å². The summed E-state index contributed by atoms with van der Waals surface area (Å²) in [5, 5.41) is 10.2. The molecule has 3 aromatic rings. The fourth-order valence-electron chi connectivity index (χ4n) is 3.47. The first-order valence-electron chi connectivity index (χ1n) is 9.34. The number of nitrogens with two attached hydrogens (primary N) is 1. The van der Waals surface area contributed by atoms with Gasteiger partial charge < -0.3 is 19.9 Å². The van der Waals surface area contributed by atoms with Crippen molar-refractivity contribution >= 4 is 17.6 Å². The first-order chi connectivity index (χ1) is 15.0. The first kappa shape index (κ1) is 20.3. The number of para-hydroxylation sites is 1. The Bertz CT molecular complexity index is 1230. The number of carbonyl (C=O) groups excluding carboxylic acids is 1. The Kier molecular flexibility index (Phi) is 5.52. The average Bonchev–Trinajstić information content (AvgIpc) is 2.78. The molecule has 6 nitrogen and oxygen atoms in total. The highest BCUT2D eigenvalue weighted by Crippen LogP contribution is 2.43. The van der Waals surface area contributed by atoms with Gasteiger partial charge in [-0.05, 0) is 35.9 Å². The average molecular weight is 433 g/mol. The van der Waals surface area contributed by atoms with E-state index in [1.165, 1.54) is 7.11 Å². The highest BCUT2D eigenvalue weighted by Gasteiger charge is 2.31. The summed E-state index contributed by atoms with van der Waals surface area (Å²) in [7, 11) is 1.48. The van der Waals surface area contributed by atoms with Crippen LogP contribution in [0.25, 0.3) is 0 Å². The van der Waals surface area contributed by atoms with Gasteiger partial charge in [0, 0.05) is 16.7 Å². The minimum absolute atomic E-state index is 0.00292. The summed E-state index contributed by atoms with van der Waals surface area (Å²) in [5.41, 5.74) is 8.19. The number of benzene rings is 3. The normalized spacial score (nSPS) is 14.8. The van der Waals surface area contributed by atoms with Crippen LogP contribution in [0.1, 0.15) is 27.4 Å². The monoisotopic (exact) mass is 432 g/mol. The number of nitriles is 1. The second kappa shape index (κ2) is 8.42. The molecule has 0 radical (unpaired) electrons. The zero-order valence-corrected chi connectivity index (χ0v) is 17.2. The number of fused-ring (bicyclic) bond motifs is 1. The highest BCUT2D eigenvalue weighted by atomic mass is 35.5. The van der Waals surface area contributed by atoms with Gasteiger partial charge in [0.1, 0.15) is 34.5 Å². The third-order valence-electron chi connectivity index (χ3n) is 4.93. The number of methoxy groups -OCH3 is 1. The molecule has 0 aromatic heterocycles. The van der Waals surface area contributed by atoms with Crippen LogP contribution < -0.4 is 19.9 Å². The maximum absolute atomic E-state index is 12.6. The van der Waals surface area contributed by atoms with Gasteiger partial charge in [0.2, 0.25) is 5.88 Å². The lowest BCUT2D eigenvalue weighted by atomic mass is 9.83. The third-order valence-corrected chi connectivity index (χ3v) is 5.18. The molecule has 1 atom stereocenters. The molecule has 0 bridgehead atoms. The lowest BCUT2D eigenvalue weighted by Gasteiger charge is -2.26. The second-order valence-electron chi connectivity index (χ2n) is 6.77. The summed E-state index contributed by atoms with van der Waals surface area (Å²) in [4.78, 5) is 12.6. The number of allylic oxidation sites excluding steroid dienone is 1. The van der Waals surface area contributed by atoms with E-state index in [1.807, 2.05) is 12.1 Å². The molecule has 31 heavy (non-hydrogen) atoms. The lowest BCUT2D eigenvalue weighted by Crippen LogP contribution is -2.21. The number of esters is 1. The van der Waals surface area contributed by atoms with Crippen LogP contribution in [0.3, 0.4) is 0 Å². The fraction of sp³-hybridized carbons (Fsp3) is 0.0833. The van der Waals surface area contributed by atoms with Crippen LogP contribution in [-0.4, -0.2) is 13.1 Å². The van der Waals surface area contributed by atoms with Crippen molar-refractivity contribution in [2.24, 2.45) is 5.73 Å². The zero-order valence-electron chi connectivity index (χ0n) is 16.5. The first-order valence-corrected chi connectivity index (χ1v) is 9.71. The molecule has 0 spiro atoms. The number of rotatable bonds is 4. The number of ether oxygens (including phenoxy) is 3. The van der Waals surface area contributed by atoms with Gasteiger partial charge in [-0.3, -0.25) is 0 Å². The maximum Gasteiger partial charge on any atom is 0.347 e. The SMILES string of the molecule is COc1ccccc1C(=O)Oc1ccc2c(c1)OC(N)=C(C#N)C2c1ccc(Cl)cc1. The minimum atomic E-state index is -0.566. The molecule has 0 aliphatic carbocycles. The number of hydrogen-bond acceptors (Lipinski definition) is 6. The van der Waals surface area contributed by atoms with E-state index in [4.69, 9.17) is 31.5 Å². The van der Waals surface area contributed by atoms with Crippen molar-refractivity contribution in [1.29, 1.82) is 5.26 Å². The summed E-state index contributed by atoms with van der Waals surface area (Å²) in [6.45, 7) is 0. The summed E-state index contributed by atoms with van der Waals surface area (Å²) < 4.78 is 16.4. The summed E-state index contributed by atoms with van der Waals surface area (Å²) in [6.07, 6.45) is 0. The highest BCUT2D eigenvalue weighted by molar-refractivity contribution is 6.30. The zero-order chi connectivity index (χ0) is 22.0. The van der Waals surface area contributed by atoms with Crippen LogP contribution in [-0.2, 0) is 0 Å². The number of nitrogens with zero attached hydrogens (tertiary/aromatic N) is 1. The van der Waals surface area contributed by atoms with Crippen LogP contribution in [0.15, 0.2) is 78.2 Å². The van der Waals surface area contributed by atoms with E-state index in [0.29, 0.717) is 27.7 Å². The predicted molar refractivity (Wildman–Crippen MR) is 115 cm³/mol. The number of carbonyl (C=O) groups is 1. The van der Waals surface area contributed by atoms with Crippen molar-refractivity contribution in [3.63, 3.8) is 0 Å². The number of hydrogen-bond donors (Lipinski definition) is 1. The standard InChI is InChI=1S/C24H17ClN2O4/c1-29-20-5-3-2-4-18(20)24(28)30-16-10-11-17-21(12-16)31-23(27)19(13-26)22(17)14-6-8-15(25)9-7-14/h2-12,22H,27H2,1H3. The van der Waals surface area contributed by atoms with Crippen molar-refractivity contribution in [3.05, 3.63) is 99.9 Å². The van der Waals surface area contributed by atoms with Crippen LogP contribution in [0.5, 0.6) is 17.2 Å². The smallest absolute Gasteiger partial charge is 0.347 e. The van der Waals surface area contributed by atoms with Gasteiger partial charge in [0.25, 0.3) is 0 Å². The molecule has 1 heterocycles. The van der Waals surface area contributed by atoms with Crippen LogP contribution in [0, 0.1) is 11.3 Å². The molecule has 3 aromatic carbocycles. The van der Waals surface area contributed by atoms with Gasteiger partial charge in [-0.2, -0.15) is 5.26 Å². The topological polar surface area (TPSA) is 94.6 Å². The summed E-state index contributed by atoms with van der Waals surface area (Å²) in [6, 6.07) is 21.1. The van der Waals surface area contributed by atoms with E-state index in [0.717, 1.165) is 11.1 Å². The molecule has 1 aliphatic rings. The molecule has 1 unspecified atom stereocenters. The van der Waals surface area contributed by atoms with E-state index in [-0.39, 0.29) is 11.6 Å². The van der Waals surface area contributed by atoms with Crippen molar-refractivity contribution in [2.45, 2.75) is 5.92 Å². The van der Waals surface area contributed by atoms with E-state index in [2.05, 4.69) is 6.07 Å². The fourth-order valence-corrected chi connectivity index (χ4v) is 3.60. The molecule has 2 N–H and O–H groups in total. The molecule has 4 rings (SSSR count). The Balaban J connectivity index is 1.69. The van der Waals surface area contributed by atoms with Crippen molar-refractivity contribution in [3.8, 4) is 23.3 Å². The van der Waals surface area contributed by atoms with Crippen LogP contribution in [0.2, 0.25) is 5.02 Å². The molecule has 7 heteroatoms. The summed E-state index contributed by atoms with van der Waals surface area (Å²) in [5.74, 6) is 0.103. The van der Waals surface area contributed by atoms with Crippen LogP contribution >= 0.6 is 11.6 Å². The molecule has 0 fully saturated rings. The van der Waals surface area contributed by atoms with Gasteiger partial charge in [-0.1, -0.05) is 41.9 Å². The van der Waals surface area contributed by atoms with Crippen molar-refractivity contribution < 1.29 is 19.0 Å². The summed E-state index contributed by atoms with van der Waals surface area (Å²) >= 11 is 6.01.